The number of ether oxygens (including phenoxy) is 1. The van der Waals surface area contributed by atoms with Crippen molar-refractivity contribution in [3.05, 3.63) is 89.8 Å². The van der Waals surface area contributed by atoms with E-state index in [1.54, 1.807) is 20.3 Å². The molecule has 0 saturated carbocycles. The highest BCUT2D eigenvalue weighted by Gasteiger charge is 2.21. The Kier molecular flexibility index (Phi) is 19.3. The van der Waals surface area contributed by atoms with Gasteiger partial charge in [-0.05, 0) is 96.7 Å². The van der Waals surface area contributed by atoms with Crippen LogP contribution in [-0.4, -0.2) is 32.6 Å². The van der Waals surface area contributed by atoms with Gasteiger partial charge in [0, 0.05) is 45.3 Å². The number of hydrogen-bond donors (Lipinski definition) is 1. The largest absolute Gasteiger partial charge is 0.388 e. The van der Waals surface area contributed by atoms with Gasteiger partial charge in [0.15, 0.2) is 0 Å². The van der Waals surface area contributed by atoms with Gasteiger partial charge < -0.3 is 15.8 Å². The van der Waals surface area contributed by atoms with E-state index in [2.05, 4.69) is 54.8 Å². The van der Waals surface area contributed by atoms with Gasteiger partial charge in [-0.1, -0.05) is 71.5 Å². The van der Waals surface area contributed by atoms with Gasteiger partial charge in [-0.2, -0.15) is 0 Å². The molecule has 1 heterocycles. The molecule has 2 aromatic carbocycles. The van der Waals surface area contributed by atoms with Crippen LogP contribution in [0, 0.1) is 5.82 Å². The number of Topliss-reactive ketones (excluding diaryl/α,β-unsaturated/α-hetero) is 1. The number of piperidine rings is 1. The minimum Gasteiger partial charge on any atom is -0.388 e. The number of aryl methyl sites for hydroxylation is 2. The predicted molar refractivity (Wildman–Crippen MR) is 178 cm³/mol. The summed E-state index contributed by atoms with van der Waals surface area (Å²) in [7, 11) is 3.25. The van der Waals surface area contributed by atoms with Gasteiger partial charge in [0.05, 0.1) is 0 Å². The van der Waals surface area contributed by atoms with E-state index in [1.165, 1.54) is 30.5 Å². The number of allylic oxidation sites excluding steroid dienone is 4. The van der Waals surface area contributed by atoms with E-state index in [4.69, 9.17) is 0 Å². The first-order chi connectivity index (χ1) is 19.3. The molecular weight excluding hydrogens is 511 g/mol. The number of carbonyl (C=O) groups excluding carboxylic acids is 1. The number of nitrogens with zero attached hydrogens (tertiary/aromatic N) is 1. The Bertz CT molecular complexity index is 1120. The molecule has 1 atom stereocenters. The van der Waals surface area contributed by atoms with Crippen molar-refractivity contribution in [1.82, 2.24) is 6.15 Å². The van der Waals surface area contributed by atoms with E-state index in [0.717, 1.165) is 53.6 Å². The van der Waals surface area contributed by atoms with Gasteiger partial charge in [-0.15, -0.1) is 0 Å². The lowest BCUT2D eigenvalue weighted by molar-refractivity contribution is -0.118. The monoisotopic (exact) mass is 566 g/mol. The molecule has 5 heteroatoms. The van der Waals surface area contributed by atoms with Gasteiger partial charge in [-0.3, -0.25) is 4.79 Å². The molecule has 1 unspecified atom stereocenters. The van der Waals surface area contributed by atoms with Crippen molar-refractivity contribution in [3.63, 3.8) is 0 Å². The van der Waals surface area contributed by atoms with Gasteiger partial charge in [0.25, 0.3) is 0 Å². The zero-order valence-electron chi connectivity index (χ0n) is 26.8. The van der Waals surface area contributed by atoms with E-state index in [9.17, 15) is 9.18 Å². The van der Waals surface area contributed by atoms with Crippen LogP contribution in [0.1, 0.15) is 95.4 Å². The number of rotatable bonds is 11. The molecule has 1 aliphatic rings. The highest BCUT2D eigenvalue weighted by Crippen LogP contribution is 2.32. The molecular formula is C36H55FN2O2. The summed E-state index contributed by atoms with van der Waals surface area (Å²) in [5.74, 6) is 0.108. The predicted octanol–water partition coefficient (Wildman–Crippen LogP) is 9.80. The van der Waals surface area contributed by atoms with Gasteiger partial charge >= 0.3 is 0 Å². The molecule has 3 N–H and O–H groups in total. The van der Waals surface area contributed by atoms with E-state index in [-0.39, 0.29) is 17.8 Å². The van der Waals surface area contributed by atoms with Crippen molar-refractivity contribution >= 4 is 22.6 Å². The molecule has 4 nitrogen and oxygen atoms in total. The quantitative estimate of drug-likeness (QED) is 0.275. The van der Waals surface area contributed by atoms with Crippen LogP contribution in [0.4, 0.5) is 10.1 Å². The van der Waals surface area contributed by atoms with Gasteiger partial charge in [0.2, 0.25) is 0 Å². The molecule has 1 aliphatic heterocycles. The SMILES string of the molecule is C=C/C(=C\C(=C)c1ccc(CCC)c(F)c1)c1ccc(N2CCCCC2C)c(CCC(=O)CC)c1.CC.COC.N. The maximum atomic E-state index is 14.5. The number of benzene rings is 2. The van der Waals surface area contributed by atoms with E-state index >= 15 is 0 Å². The second-order valence-corrected chi connectivity index (χ2v) is 10.1. The summed E-state index contributed by atoms with van der Waals surface area (Å²) in [5.41, 5.74) is 6.68. The Morgan fingerprint density at radius 2 is 1.71 bits per heavy atom. The summed E-state index contributed by atoms with van der Waals surface area (Å²) >= 11 is 0. The van der Waals surface area contributed by atoms with E-state index < -0.39 is 0 Å². The van der Waals surface area contributed by atoms with E-state index in [0.29, 0.717) is 18.9 Å². The molecule has 0 radical (unpaired) electrons. The standard InChI is InChI=1S/C32H40FNO.C2H6O.C2H6.H3N/c1-6-11-26-13-14-27(22-31(26)33)23(4)20-25(7-2)28-16-18-32(34-19-10-9-12-24(34)5)29(21-28)15-17-30(35)8-3;1-3-2;1-2;/h7,13-14,16,18,20-22,24H,2,4,6,8-12,15,17,19H2,1,3,5H3;1-2H3;1-2H3;1H3/b25-20+;;;. The summed E-state index contributed by atoms with van der Waals surface area (Å²) in [6.45, 7) is 19.6. The number of methoxy groups -OCH3 is 1. The molecule has 1 saturated heterocycles. The number of halogens is 1. The smallest absolute Gasteiger partial charge is 0.132 e. The first kappa shape index (κ1) is 38.0. The minimum absolute atomic E-state index is 0. The third-order valence-corrected chi connectivity index (χ3v) is 7.09. The second-order valence-electron chi connectivity index (χ2n) is 10.1. The van der Waals surface area contributed by atoms with Crippen molar-refractivity contribution in [2.45, 2.75) is 92.0 Å². The first-order valence-corrected chi connectivity index (χ1v) is 14.9. The van der Waals surface area contributed by atoms with Crippen LogP contribution in [0.15, 0.2) is 61.7 Å². The highest BCUT2D eigenvalue weighted by molar-refractivity contribution is 5.87. The molecule has 0 aromatic heterocycles. The Morgan fingerprint density at radius 3 is 2.27 bits per heavy atom. The number of ketones is 1. The van der Waals surface area contributed by atoms with Crippen LogP contribution < -0.4 is 11.1 Å². The number of hydrogen-bond acceptors (Lipinski definition) is 4. The molecule has 41 heavy (non-hydrogen) atoms. The molecule has 0 spiro atoms. The lowest BCUT2D eigenvalue weighted by Crippen LogP contribution is -2.38. The molecule has 0 amide bonds. The summed E-state index contributed by atoms with van der Waals surface area (Å²) in [5, 5.41) is 0. The van der Waals surface area contributed by atoms with Crippen LogP contribution in [0.5, 0.6) is 0 Å². The lowest BCUT2D eigenvalue weighted by Gasteiger charge is -2.37. The molecule has 1 fully saturated rings. The minimum atomic E-state index is -0.179. The number of carbonyl (C=O) groups is 1. The summed E-state index contributed by atoms with van der Waals surface area (Å²) < 4.78 is 18.8. The fourth-order valence-corrected chi connectivity index (χ4v) is 4.90. The third kappa shape index (κ3) is 11.8. The summed E-state index contributed by atoms with van der Waals surface area (Å²) in [6, 6.07) is 12.4. The fourth-order valence-electron chi connectivity index (χ4n) is 4.90. The Morgan fingerprint density at radius 1 is 1.05 bits per heavy atom. The average Bonchev–Trinajstić information content (AvgIpc) is 2.97. The van der Waals surface area contributed by atoms with Crippen LogP contribution in [0.3, 0.4) is 0 Å². The molecule has 228 valence electrons. The van der Waals surface area contributed by atoms with Crippen LogP contribution >= 0.6 is 0 Å². The average molecular weight is 567 g/mol. The van der Waals surface area contributed by atoms with E-state index in [1.807, 2.05) is 45.1 Å². The van der Waals surface area contributed by atoms with Crippen molar-refractivity contribution in [1.29, 1.82) is 0 Å². The Balaban J connectivity index is 0.00000250. The van der Waals surface area contributed by atoms with Gasteiger partial charge in [0.1, 0.15) is 11.6 Å². The van der Waals surface area contributed by atoms with Crippen LogP contribution in [-0.2, 0) is 22.4 Å². The Hall–Kier alpha value is -3.02. The van der Waals surface area contributed by atoms with Crippen LogP contribution in [0.25, 0.3) is 11.1 Å². The maximum Gasteiger partial charge on any atom is 0.132 e. The topological polar surface area (TPSA) is 64.5 Å². The molecule has 2 aromatic rings. The number of anilines is 1. The maximum absolute atomic E-state index is 14.5. The molecule has 0 bridgehead atoms. The van der Waals surface area contributed by atoms with Crippen molar-refractivity contribution in [2.24, 2.45) is 0 Å². The third-order valence-electron chi connectivity index (χ3n) is 7.09. The molecule has 3 rings (SSSR count). The highest BCUT2D eigenvalue weighted by atomic mass is 19.1. The zero-order chi connectivity index (χ0) is 30.1. The fraction of sp³-hybridized carbons (Fsp3) is 0.472. The molecule has 0 aliphatic carbocycles. The second kappa shape index (κ2) is 20.8. The summed E-state index contributed by atoms with van der Waals surface area (Å²) in [4.78, 5) is 14.6. The van der Waals surface area contributed by atoms with Crippen molar-refractivity contribution < 1.29 is 13.9 Å². The normalized spacial score (nSPS) is 14.5. The first-order valence-electron chi connectivity index (χ1n) is 14.9. The Labute approximate surface area is 250 Å². The summed E-state index contributed by atoms with van der Waals surface area (Å²) in [6.07, 6.45) is 11.0. The lowest BCUT2D eigenvalue weighted by atomic mass is 9.93. The van der Waals surface area contributed by atoms with Gasteiger partial charge in [-0.25, -0.2) is 4.39 Å². The zero-order valence-corrected chi connectivity index (χ0v) is 26.8. The van der Waals surface area contributed by atoms with Crippen LogP contribution in [0.2, 0.25) is 0 Å². The van der Waals surface area contributed by atoms with Crippen molar-refractivity contribution in [2.75, 3.05) is 25.7 Å². The van der Waals surface area contributed by atoms with Crippen molar-refractivity contribution in [3.8, 4) is 0 Å².